The van der Waals surface area contributed by atoms with Crippen molar-refractivity contribution < 1.29 is 59.0 Å². The molecule has 6 saturated heterocycles. The number of hydrogen-bond acceptors (Lipinski definition) is 14. The fraction of sp³-hybridized carbons (Fsp3) is 0. The van der Waals surface area contributed by atoms with E-state index in [4.69, 9.17) is 49.4 Å². The summed E-state index contributed by atoms with van der Waals surface area (Å²) < 4.78 is 87.0. The van der Waals surface area contributed by atoms with Gasteiger partial charge in [0.05, 0.1) is 0 Å². The van der Waals surface area contributed by atoms with Crippen molar-refractivity contribution in [1.29, 1.82) is 0 Å². The first kappa shape index (κ1) is 37.5. The van der Waals surface area contributed by atoms with Crippen LogP contribution < -0.4 is 31.1 Å². The van der Waals surface area contributed by atoms with E-state index in [0.29, 0.717) is 31.1 Å². The standard InChI is InChI=1S/C36H32O14Si8/c37-57-45-51(31-19-7-1-8-20-31)39-52(32-21-9-2-10-22-32)41-54(48-57,34-25-13-4-14-26-34)43-56(36-29-17-6-18-30-36)44-55(49-57,35-27-15-5-16-28-35)42-53(40-51,33-23-11-3-12-24-33)47-58(38,46-52)50-56/h1-30,37-38H. The van der Waals surface area contributed by atoms with Gasteiger partial charge in [-0.1, -0.05) is 182 Å². The van der Waals surface area contributed by atoms with E-state index in [9.17, 15) is 9.59 Å². The molecule has 292 valence electrons. The number of rotatable bonds is 6. The molecule has 2 N–H and O–H groups in total. The minimum atomic E-state index is -5.31. The van der Waals surface area contributed by atoms with Gasteiger partial charge in [-0.25, -0.2) is 0 Å². The molecule has 6 heterocycles. The summed E-state index contributed by atoms with van der Waals surface area (Å²) in [5, 5.41) is 2.21. The van der Waals surface area contributed by atoms with Gasteiger partial charge in [-0.2, -0.15) is 0 Å². The highest BCUT2D eigenvalue weighted by Crippen LogP contribution is 2.47. The van der Waals surface area contributed by atoms with E-state index in [1.165, 1.54) is 0 Å². The van der Waals surface area contributed by atoms with Crippen LogP contribution in [0.15, 0.2) is 182 Å². The van der Waals surface area contributed by atoms with Gasteiger partial charge in [-0.3, -0.25) is 0 Å². The first-order chi connectivity index (χ1) is 28.1. The molecule has 0 spiro atoms. The Balaban J connectivity index is 1.31. The van der Waals surface area contributed by atoms with Gasteiger partial charge in [-0.05, 0) is 0 Å². The molecule has 6 aliphatic heterocycles. The summed E-state index contributed by atoms with van der Waals surface area (Å²) >= 11 is 0. The summed E-state index contributed by atoms with van der Waals surface area (Å²) in [4.78, 5) is 26.7. The minimum Gasteiger partial charge on any atom is -0.369 e. The van der Waals surface area contributed by atoms with Crippen molar-refractivity contribution in [3.8, 4) is 0 Å². The van der Waals surface area contributed by atoms with Crippen LogP contribution in [0.1, 0.15) is 0 Å². The Kier molecular flexibility index (Phi) is 8.73. The van der Waals surface area contributed by atoms with Crippen molar-refractivity contribution in [2.75, 3.05) is 0 Å². The summed E-state index contributed by atoms with van der Waals surface area (Å²) in [7, 11) is -39.5. The van der Waals surface area contributed by atoms with Gasteiger partial charge in [0.1, 0.15) is 0 Å². The molecular formula is C36H32O14Si8. The van der Waals surface area contributed by atoms with Crippen LogP contribution in [-0.4, -0.2) is 80.5 Å². The molecule has 0 aromatic heterocycles. The zero-order chi connectivity index (χ0) is 39.2. The zero-order valence-electron chi connectivity index (χ0n) is 30.1. The van der Waals surface area contributed by atoms with E-state index < -0.39 is 70.9 Å². The Labute approximate surface area is 341 Å². The fourth-order valence-corrected chi connectivity index (χ4v) is 49.2. The Morgan fingerprint density at radius 2 is 0.345 bits per heavy atom. The van der Waals surface area contributed by atoms with Crippen LogP contribution in [0.25, 0.3) is 0 Å². The van der Waals surface area contributed by atoms with Gasteiger partial charge in [0.15, 0.2) is 0 Å². The molecule has 14 nitrogen and oxygen atoms in total. The SMILES string of the molecule is O[Si]12O[Si]3(c4ccccc4)O[Si]4(c5ccccc5)O[Si]5(O)O[Si](c6ccccc6)(O3)O[Si](c3ccccc3)(O1)O[Si](c1ccccc1)(O5)O[Si](c1ccccc1)(O2)O4. The second-order valence-corrected chi connectivity index (χ2v) is 35.8. The highest BCUT2D eigenvalue weighted by molar-refractivity contribution is 7.11. The van der Waals surface area contributed by atoms with Gasteiger partial charge in [-0.15, -0.1) is 0 Å². The number of hydrogen-bond donors (Lipinski definition) is 2. The lowest BCUT2D eigenvalue weighted by molar-refractivity contribution is -0.0465. The van der Waals surface area contributed by atoms with Gasteiger partial charge in [0.25, 0.3) is 0 Å². The van der Waals surface area contributed by atoms with Crippen LogP contribution >= 0.6 is 0 Å². The third-order valence-corrected chi connectivity index (χ3v) is 41.7. The summed E-state index contributed by atoms with van der Waals surface area (Å²) in [6, 6.07) is 53.1. The van der Waals surface area contributed by atoms with Crippen LogP contribution in [-0.2, 0) is 49.4 Å². The van der Waals surface area contributed by atoms with Crippen molar-refractivity contribution in [3.05, 3.63) is 182 Å². The average Bonchev–Trinajstić information content (AvgIpc) is 3.22. The molecule has 0 unspecified atom stereocenters. The second kappa shape index (κ2) is 13.5. The van der Waals surface area contributed by atoms with Crippen molar-refractivity contribution in [3.63, 3.8) is 0 Å². The van der Waals surface area contributed by atoms with E-state index in [1.807, 2.05) is 36.4 Å². The van der Waals surface area contributed by atoms with E-state index in [-0.39, 0.29) is 0 Å². The summed E-state index contributed by atoms with van der Waals surface area (Å²) in [5.41, 5.74) is 0. The van der Waals surface area contributed by atoms with Crippen LogP contribution in [0.5, 0.6) is 0 Å². The van der Waals surface area contributed by atoms with E-state index in [1.54, 1.807) is 146 Å². The molecule has 58 heavy (non-hydrogen) atoms. The zero-order valence-corrected chi connectivity index (χ0v) is 38.1. The van der Waals surface area contributed by atoms with Crippen molar-refractivity contribution >= 4 is 102 Å². The lowest BCUT2D eigenvalue weighted by Crippen LogP contribution is -2.95. The van der Waals surface area contributed by atoms with E-state index in [0.717, 1.165) is 0 Å². The minimum absolute atomic E-state index is 0.368. The monoisotopic (exact) mass is 912 g/mol. The molecule has 6 aromatic carbocycles. The molecule has 6 aliphatic rings. The lowest BCUT2D eigenvalue weighted by atomic mass is 10.4. The summed E-state index contributed by atoms with van der Waals surface area (Å²) in [5.74, 6) is 0. The topological polar surface area (TPSA) is 151 Å². The summed E-state index contributed by atoms with van der Waals surface area (Å²) in [6.45, 7) is 0. The number of benzene rings is 6. The maximum Gasteiger partial charge on any atom is 0.655 e. The molecule has 6 aromatic rings. The van der Waals surface area contributed by atoms with Crippen LogP contribution in [0.3, 0.4) is 0 Å². The van der Waals surface area contributed by atoms with Gasteiger partial charge in [0, 0.05) is 31.1 Å². The highest BCUT2D eigenvalue weighted by Gasteiger charge is 2.86. The van der Waals surface area contributed by atoms with E-state index >= 15 is 0 Å². The first-order valence-electron chi connectivity index (χ1n) is 18.3. The van der Waals surface area contributed by atoms with Crippen molar-refractivity contribution in [2.45, 2.75) is 0 Å². The predicted molar refractivity (Wildman–Crippen MR) is 220 cm³/mol. The van der Waals surface area contributed by atoms with Crippen LogP contribution in [0.4, 0.5) is 0 Å². The maximum atomic E-state index is 13.4. The normalized spacial score (nSPS) is 37.6. The van der Waals surface area contributed by atoms with Gasteiger partial charge in [0.2, 0.25) is 0 Å². The molecule has 8 bridgehead atoms. The molecule has 0 saturated carbocycles. The van der Waals surface area contributed by atoms with E-state index in [2.05, 4.69) is 0 Å². The smallest absolute Gasteiger partial charge is 0.369 e. The predicted octanol–water partition coefficient (Wildman–Crippen LogP) is 0.186. The second-order valence-electron chi connectivity index (χ2n) is 13.8. The van der Waals surface area contributed by atoms with Crippen molar-refractivity contribution in [2.24, 2.45) is 0 Å². The largest absolute Gasteiger partial charge is 0.655 e. The molecule has 6 fully saturated rings. The highest BCUT2D eigenvalue weighted by atomic mass is 28.6. The third-order valence-electron chi connectivity index (χ3n) is 9.96. The Bertz CT molecular complexity index is 2000. The molecule has 0 radical (unpaired) electrons. The van der Waals surface area contributed by atoms with Crippen LogP contribution in [0, 0.1) is 0 Å². The quantitative estimate of drug-likeness (QED) is 0.219. The Morgan fingerprint density at radius 3 is 0.483 bits per heavy atom. The summed E-state index contributed by atoms with van der Waals surface area (Å²) in [6.07, 6.45) is 0. The maximum absolute atomic E-state index is 13.4. The molecule has 22 heteroatoms. The Morgan fingerprint density at radius 1 is 0.207 bits per heavy atom. The lowest BCUT2D eigenvalue weighted by Gasteiger charge is -2.60. The first-order valence-corrected chi connectivity index (χ1v) is 32.0. The molecular weight excluding hydrogens is 881 g/mol. The average molecular weight is 913 g/mol. The van der Waals surface area contributed by atoms with Crippen LogP contribution in [0.2, 0.25) is 0 Å². The molecule has 0 amide bonds. The van der Waals surface area contributed by atoms with Gasteiger partial charge >= 0.3 is 70.9 Å². The molecule has 12 rings (SSSR count). The van der Waals surface area contributed by atoms with Gasteiger partial charge < -0.3 is 59.0 Å². The Hall–Kier alpha value is -3.50. The molecule has 0 atom stereocenters. The molecule has 0 aliphatic carbocycles. The third kappa shape index (κ3) is 5.99. The fourth-order valence-electron chi connectivity index (χ4n) is 7.49. The van der Waals surface area contributed by atoms with Crippen molar-refractivity contribution in [1.82, 2.24) is 0 Å².